The van der Waals surface area contributed by atoms with Crippen molar-refractivity contribution >= 4 is 17.7 Å². The lowest BCUT2D eigenvalue weighted by Gasteiger charge is -2.21. The minimum absolute atomic E-state index is 0.0259. The number of carboxylic acids is 1. The van der Waals surface area contributed by atoms with E-state index >= 15 is 0 Å². The van der Waals surface area contributed by atoms with Crippen LogP contribution in [0.1, 0.15) is 6.42 Å². The second-order valence-corrected chi connectivity index (χ2v) is 4.84. The zero-order valence-electron chi connectivity index (χ0n) is 11.4. The van der Waals surface area contributed by atoms with Crippen LogP contribution in [0.25, 0.3) is 0 Å². The maximum Gasteiger partial charge on any atom is 0.321 e. The maximum absolute atomic E-state index is 12.1. The smallest absolute Gasteiger partial charge is 0.321 e. The van der Waals surface area contributed by atoms with Crippen LogP contribution in [0.3, 0.4) is 0 Å². The highest BCUT2D eigenvalue weighted by Gasteiger charge is 2.20. The van der Waals surface area contributed by atoms with E-state index in [0.29, 0.717) is 31.9 Å². The third kappa shape index (κ3) is 3.95. The molecule has 2 amide bonds. The molecule has 1 aliphatic rings. The molecule has 8 nitrogen and oxygen atoms in total. The molecule has 110 valence electrons. The fourth-order valence-corrected chi connectivity index (χ4v) is 2.21. The molecular weight excluding hydrogens is 262 g/mol. The Hall–Kier alpha value is -2.09. The van der Waals surface area contributed by atoms with E-state index in [4.69, 9.17) is 5.11 Å². The Morgan fingerprint density at radius 2 is 2.15 bits per heavy atom. The van der Waals surface area contributed by atoms with E-state index in [1.165, 1.54) is 0 Å². The van der Waals surface area contributed by atoms with Crippen LogP contribution in [0.5, 0.6) is 0 Å². The summed E-state index contributed by atoms with van der Waals surface area (Å²) in [7, 11) is 1.78. The van der Waals surface area contributed by atoms with Crippen molar-refractivity contribution in [3.8, 4) is 0 Å². The first-order valence-corrected chi connectivity index (χ1v) is 6.53. The van der Waals surface area contributed by atoms with E-state index in [0.717, 1.165) is 6.42 Å². The van der Waals surface area contributed by atoms with Gasteiger partial charge in [-0.1, -0.05) is 0 Å². The molecule has 0 saturated carbocycles. The molecule has 1 aromatic heterocycles. The van der Waals surface area contributed by atoms with Gasteiger partial charge < -0.3 is 15.3 Å². The Bertz CT molecular complexity index is 487. The zero-order chi connectivity index (χ0) is 14.5. The first kappa shape index (κ1) is 14.3. The SMILES string of the molecule is Cn1cc(NC(=O)N2CCCN(CC(=O)O)CC2)cn1. The number of aliphatic carboxylic acids is 1. The monoisotopic (exact) mass is 281 g/mol. The van der Waals surface area contributed by atoms with Gasteiger partial charge in [-0.2, -0.15) is 5.10 Å². The highest BCUT2D eigenvalue weighted by atomic mass is 16.4. The van der Waals surface area contributed by atoms with Crippen LogP contribution in [0.15, 0.2) is 12.4 Å². The van der Waals surface area contributed by atoms with Gasteiger partial charge in [0.25, 0.3) is 0 Å². The first-order valence-electron chi connectivity index (χ1n) is 6.53. The highest BCUT2D eigenvalue weighted by Crippen LogP contribution is 2.08. The number of anilines is 1. The number of aryl methyl sites for hydroxylation is 1. The Morgan fingerprint density at radius 1 is 1.35 bits per heavy atom. The van der Waals surface area contributed by atoms with Gasteiger partial charge in [-0.3, -0.25) is 14.4 Å². The van der Waals surface area contributed by atoms with E-state index in [9.17, 15) is 9.59 Å². The summed E-state index contributed by atoms with van der Waals surface area (Å²) in [6.07, 6.45) is 4.09. The van der Waals surface area contributed by atoms with E-state index in [2.05, 4.69) is 10.4 Å². The van der Waals surface area contributed by atoms with E-state index in [-0.39, 0.29) is 12.6 Å². The molecule has 1 saturated heterocycles. The number of carbonyl (C=O) groups excluding carboxylic acids is 1. The minimum atomic E-state index is -0.835. The van der Waals surface area contributed by atoms with Gasteiger partial charge in [0.15, 0.2) is 0 Å². The number of carbonyl (C=O) groups is 2. The summed E-state index contributed by atoms with van der Waals surface area (Å²) in [6.45, 7) is 2.45. The Balaban J connectivity index is 1.86. The normalized spacial score (nSPS) is 16.8. The fourth-order valence-electron chi connectivity index (χ4n) is 2.21. The van der Waals surface area contributed by atoms with Crippen molar-refractivity contribution in [2.24, 2.45) is 7.05 Å². The van der Waals surface area contributed by atoms with Crippen LogP contribution in [0.2, 0.25) is 0 Å². The van der Waals surface area contributed by atoms with Gasteiger partial charge >= 0.3 is 12.0 Å². The van der Waals surface area contributed by atoms with Gasteiger partial charge in [-0.05, 0) is 6.42 Å². The molecule has 2 rings (SSSR count). The minimum Gasteiger partial charge on any atom is -0.480 e. The molecule has 1 fully saturated rings. The van der Waals surface area contributed by atoms with E-state index in [1.807, 2.05) is 4.90 Å². The fraction of sp³-hybridized carbons (Fsp3) is 0.583. The van der Waals surface area contributed by atoms with Crippen molar-refractivity contribution in [1.29, 1.82) is 0 Å². The van der Waals surface area contributed by atoms with Crippen LogP contribution in [0.4, 0.5) is 10.5 Å². The molecule has 0 spiro atoms. The molecule has 0 atom stereocenters. The van der Waals surface area contributed by atoms with Gasteiger partial charge in [0.05, 0.1) is 18.4 Å². The average molecular weight is 281 g/mol. The van der Waals surface area contributed by atoms with Gasteiger partial charge in [0.2, 0.25) is 0 Å². The Morgan fingerprint density at radius 3 is 2.80 bits per heavy atom. The second-order valence-electron chi connectivity index (χ2n) is 4.84. The lowest BCUT2D eigenvalue weighted by atomic mass is 10.4. The molecule has 1 aliphatic heterocycles. The van der Waals surface area contributed by atoms with Gasteiger partial charge in [0, 0.05) is 39.4 Å². The van der Waals surface area contributed by atoms with E-state index < -0.39 is 5.97 Å². The van der Waals surface area contributed by atoms with Crippen LogP contribution in [-0.4, -0.2) is 69.4 Å². The highest BCUT2D eigenvalue weighted by molar-refractivity contribution is 5.89. The third-order valence-electron chi connectivity index (χ3n) is 3.19. The number of urea groups is 1. The van der Waals surface area contributed by atoms with Gasteiger partial charge in [0.1, 0.15) is 0 Å². The maximum atomic E-state index is 12.1. The second kappa shape index (κ2) is 6.38. The predicted octanol–water partition coefficient (Wildman–Crippen LogP) is 0.0443. The number of hydrogen-bond donors (Lipinski definition) is 2. The molecule has 0 unspecified atom stereocenters. The van der Waals surface area contributed by atoms with Gasteiger partial charge in [-0.25, -0.2) is 4.79 Å². The summed E-state index contributed by atoms with van der Waals surface area (Å²) in [5, 5.41) is 15.6. The van der Waals surface area contributed by atoms with Crippen LogP contribution in [0, 0.1) is 0 Å². The standard InChI is InChI=1S/C12H19N5O3/c1-15-8-10(7-13-15)14-12(20)17-4-2-3-16(5-6-17)9-11(18)19/h7-8H,2-6,9H2,1H3,(H,14,20)(H,18,19). The quantitative estimate of drug-likeness (QED) is 0.816. The van der Waals surface area contributed by atoms with Crippen LogP contribution < -0.4 is 5.32 Å². The number of nitrogens with zero attached hydrogens (tertiary/aromatic N) is 4. The van der Waals surface area contributed by atoms with Crippen LogP contribution in [-0.2, 0) is 11.8 Å². The summed E-state index contributed by atoms with van der Waals surface area (Å²) < 4.78 is 1.62. The van der Waals surface area contributed by atoms with Gasteiger partial charge in [-0.15, -0.1) is 0 Å². The molecule has 0 radical (unpaired) electrons. The molecule has 20 heavy (non-hydrogen) atoms. The van der Waals surface area contributed by atoms with Crippen molar-refractivity contribution < 1.29 is 14.7 Å². The lowest BCUT2D eigenvalue weighted by molar-refractivity contribution is -0.138. The summed E-state index contributed by atoms with van der Waals surface area (Å²) in [5.41, 5.74) is 0.657. The molecular formula is C12H19N5O3. The lowest BCUT2D eigenvalue weighted by Crippen LogP contribution is -2.38. The number of nitrogens with one attached hydrogen (secondary N) is 1. The number of aromatic nitrogens is 2. The molecule has 2 heterocycles. The zero-order valence-corrected chi connectivity index (χ0v) is 11.4. The summed E-state index contributed by atoms with van der Waals surface area (Å²) in [6, 6.07) is -0.171. The molecule has 0 aliphatic carbocycles. The first-order chi connectivity index (χ1) is 9.54. The summed E-state index contributed by atoms with van der Waals surface area (Å²) >= 11 is 0. The topological polar surface area (TPSA) is 90.7 Å². The third-order valence-corrected chi connectivity index (χ3v) is 3.19. The van der Waals surface area contributed by atoms with Crippen molar-refractivity contribution in [3.63, 3.8) is 0 Å². The molecule has 1 aromatic rings. The molecule has 8 heteroatoms. The number of hydrogen-bond acceptors (Lipinski definition) is 4. The number of carboxylic acid groups (broad SMARTS) is 1. The van der Waals surface area contributed by atoms with Crippen molar-refractivity contribution in [1.82, 2.24) is 19.6 Å². The van der Waals surface area contributed by atoms with Crippen LogP contribution >= 0.6 is 0 Å². The molecule has 0 aromatic carbocycles. The largest absolute Gasteiger partial charge is 0.480 e. The van der Waals surface area contributed by atoms with Crippen molar-refractivity contribution in [2.75, 3.05) is 38.0 Å². The van der Waals surface area contributed by atoms with Crippen molar-refractivity contribution in [2.45, 2.75) is 6.42 Å². The Labute approximate surface area is 117 Å². The summed E-state index contributed by atoms with van der Waals surface area (Å²) in [4.78, 5) is 26.3. The van der Waals surface area contributed by atoms with Crippen molar-refractivity contribution in [3.05, 3.63) is 12.4 Å². The summed E-state index contributed by atoms with van der Waals surface area (Å²) in [5.74, 6) is -0.835. The average Bonchev–Trinajstić information content (AvgIpc) is 2.64. The molecule has 0 bridgehead atoms. The number of rotatable bonds is 3. The number of amides is 2. The predicted molar refractivity (Wildman–Crippen MR) is 72.5 cm³/mol. The molecule has 2 N–H and O–H groups in total. The Kier molecular flexibility index (Phi) is 4.57. The van der Waals surface area contributed by atoms with E-state index in [1.54, 1.807) is 29.0 Å².